The third-order valence-electron chi connectivity index (χ3n) is 3.18. The zero-order valence-electron chi connectivity index (χ0n) is 12.6. The van der Waals surface area contributed by atoms with Gasteiger partial charge in [-0.2, -0.15) is 0 Å². The molecular weight excluding hydrogens is 365 g/mol. The van der Waals surface area contributed by atoms with E-state index in [9.17, 15) is 4.79 Å². The van der Waals surface area contributed by atoms with Crippen molar-refractivity contribution in [2.24, 2.45) is 0 Å². The lowest BCUT2D eigenvalue weighted by atomic mass is 10.2. The van der Waals surface area contributed by atoms with Crippen LogP contribution in [0, 0.1) is 0 Å². The third kappa shape index (κ3) is 4.06. The first-order chi connectivity index (χ1) is 11.5. The average Bonchev–Trinajstić information content (AvgIpc) is 3.00. The van der Waals surface area contributed by atoms with Crippen molar-refractivity contribution in [2.75, 3.05) is 10.6 Å². The maximum Gasteiger partial charge on any atom is 0.221 e. The number of nitrogens with zero attached hydrogens (tertiary/aromatic N) is 1. The lowest BCUT2D eigenvalue weighted by Crippen LogP contribution is -2.05. The summed E-state index contributed by atoms with van der Waals surface area (Å²) in [4.78, 5) is 15.6. The van der Waals surface area contributed by atoms with Crippen molar-refractivity contribution in [1.29, 1.82) is 0 Å². The first-order valence-electron chi connectivity index (χ1n) is 7.07. The van der Waals surface area contributed by atoms with Crippen molar-refractivity contribution in [1.82, 2.24) is 4.98 Å². The number of thiazole rings is 1. The second kappa shape index (κ2) is 7.21. The molecule has 0 aliphatic rings. The van der Waals surface area contributed by atoms with Crippen LogP contribution < -0.4 is 10.6 Å². The first kappa shape index (κ1) is 16.8. The van der Waals surface area contributed by atoms with Crippen molar-refractivity contribution in [3.8, 4) is 11.3 Å². The fraction of sp³-hybridized carbons (Fsp3) is 0.0588. The Morgan fingerprint density at radius 3 is 2.42 bits per heavy atom. The van der Waals surface area contributed by atoms with Crippen LogP contribution in [0.1, 0.15) is 6.92 Å². The molecule has 1 heterocycles. The number of amides is 1. The van der Waals surface area contributed by atoms with E-state index in [1.807, 2.05) is 35.7 Å². The normalized spacial score (nSPS) is 10.5. The summed E-state index contributed by atoms with van der Waals surface area (Å²) in [6.07, 6.45) is 0. The van der Waals surface area contributed by atoms with E-state index in [0.717, 1.165) is 27.8 Å². The molecule has 3 aromatic rings. The van der Waals surface area contributed by atoms with Gasteiger partial charge in [-0.25, -0.2) is 4.98 Å². The van der Waals surface area contributed by atoms with Crippen molar-refractivity contribution >= 4 is 57.0 Å². The van der Waals surface area contributed by atoms with Gasteiger partial charge in [0.2, 0.25) is 5.91 Å². The monoisotopic (exact) mass is 377 g/mol. The number of hydrogen-bond donors (Lipinski definition) is 2. The molecule has 0 radical (unpaired) electrons. The molecule has 0 unspecified atom stereocenters. The summed E-state index contributed by atoms with van der Waals surface area (Å²) in [7, 11) is 0. The van der Waals surface area contributed by atoms with Crippen LogP contribution in [0.25, 0.3) is 11.3 Å². The maximum absolute atomic E-state index is 11.0. The Hall–Kier alpha value is -2.08. The largest absolute Gasteiger partial charge is 0.332 e. The van der Waals surface area contributed by atoms with Crippen LogP contribution in [0.2, 0.25) is 10.0 Å². The zero-order chi connectivity index (χ0) is 17.1. The summed E-state index contributed by atoms with van der Waals surface area (Å²) in [6, 6.07) is 12.9. The molecule has 0 aliphatic heterocycles. The van der Waals surface area contributed by atoms with Crippen LogP contribution in [0.3, 0.4) is 0 Å². The summed E-state index contributed by atoms with van der Waals surface area (Å²) < 4.78 is 0. The fourth-order valence-electron chi connectivity index (χ4n) is 2.08. The van der Waals surface area contributed by atoms with Gasteiger partial charge in [-0.3, -0.25) is 4.79 Å². The average molecular weight is 378 g/mol. The quantitative estimate of drug-likeness (QED) is 0.602. The van der Waals surface area contributed by atoms with E-state index in [0.29, 0.717) is 10.0 Å². The lowest BCUT2D eigenvalue weighted by molar-refractivity contribution is -0.114. The van der Waals surface area contributed by atoms with Crippen LogP contribution >= 0.6 is 34.5 Å². The maximum atomic E-state index is 11.0. The van der Waals surface area contributed by atoms with E-state index in [2.05, 4.69) is 15.6 Å². The molecular formula is C17H13Cl2N3OS. The van der Waals surface area contributed by atoms with Gasteiger partial charge in [0.25, 0.3) is 0 Å². The highest BCUT2D eigenvalue weighted by atomic mass is 35.5. The Balaban J connectivity index is 1.73. The molecule has 4 nitrogen and oxygen atoms in total. The fourth-order valence-corrected chi connectivity index (χ4v) is 3.12. The first-order valence-corrected chi connectivity index (χ1v) is 8.70. The van der Waals surface area contributed by atoms with Gasteiger partial charge in [0.15, 0.2) is 5.13 Å². The molecule has 1 amide bonds. The molecule has 7 heteroatoms. The Bertz CT molecular complexity index is 878. The van der Waals surface area contributed by atoms with Gasteiger partial charge in [-0.15, -0.1) is 11.3 Å². The molecule has 0 saturated heterocycles. The second-order valence-electron chi connectivity index (χ2n) is 5.05. The van der Waals surface area contributed by atoms with Crippen molar-refractivity contribution < 1.29 is 4.79 Å². The minimum Gasteiger partial charge on any atom is -0.332 e. The number of benzene rings is 2. The van der Waals surface area contributed by atoms with Gasteiger partial charge in [0.1, 0.15) is 0 Å². The topological polar surface area (TPSA) is 54.0 Å². The van der Waals surface area contributed by atoms with E-state index >= 15 is 0 Å². The molecule has 122 valence electrons. The third-order valence-corrected chi connectivity index (χ3v) is 4.67. The molecule has 0 bridgehead atoms. The van der Waals surface area contributed by atoms with Gasteiger partial charge in [0, 0.05) is 29.2 Å². The van der Waals surface area contributed by atoms with Crippen LogP contribution in [0.5, 0.6) is 0 Å². The Kier molecular flexibility index (Phi) is 5.04. The molecule has 2 aromatic carbocycles. The van der Waals surface area contributed by atoms with Crippen LogP contribution in [0.4, 0.5) is 16.5 Å². The lowest BCUT2D eigenvalue weighted by Gasteiger charge is -2.05. The molecule has 0 saturated carbocycles. The van der Waals surface area contributed by atoms with Gasteiger partial charge in [-0.1, -0.05) is 29.3 Å². The molecule has 2 N–H and O–H groups in total. The molecule has 0 spiro atoms. The highest BCUT2D eigenvalue weighted by Crippen LogP contribution is 2.31. The van der Waals surface area contributed by atoms with E-state index in [-0.39, 0.29) is 5.91 Å². The Morgan fingerprint density at radius 2 is 1.75 bits per heavy atom. The molecule has 0 fully saturated rings. The Morgan fingerprint density at radius 1 is 1.04 bits per heavy atom. The molecule has 24 heavy (non-hydrogen) atoms. The summed E-state index contributed by atoms with van der Waals surface area (Å²) >= 11 is 13.5. The number of carbonyl (C=O) groups excluding carboxylic acids is 1. The van der Waals surface area contributed by atoms with Crippen LogP contribution in [0.15, 0.2) is 47.8 Å². The van der Waals surface area contributed by atoms with E-state index in [1.54, 1.807) is 12.1 Å². The van der Waals surface area contributed by atoms with Crippen molar-refractivity contribution in [2.45, 2.75) is 6.92 Å². The van der Waals surface area contributed by atoms with E-state index in [4.69, 9.17) is 23.2 Å². The number of hydrogen-bond acceptors (Lipinski definition) is 4. The van der Waals surface area contributed by atoms with Gasteiger partial charge >= 0.3 is 0 Å². The minimum atomic E-state index is -0.0955. The number of carbonyl (C=O) groups is 1. The Labute approximate surface area is 153 Å². The zero-order valence-corrected chi connectivity index (χ0v) is 15.0. The highest BCUT2D eigenvalue weighted by Gasteiger charge is 2.07. The van der Waals surface area contributed by atoms with Crippen molar-refractivity contribution in [3.63, 3.8) is 0 Å². The van der Waals surface area contributed by atoms with E-state index < -0.39 is 0 Å². The predicted molar refractivity (Wildman–Crippen MR) is 102 cm³/mol. The highest BCUT2D eigenvalue weighted by molar-refractivity contribution is 7.14. The summed E-state index contributed by atoms with van der Waals surface area (Å²) in [5.41, 5.74) is 3.38. The second-order valence-corrected chi connectivity index (χ2v) is 6.72. The predicted octanol–water partition coefficient (Wildman–Crippen LogP) is 5.82. The van der Waals surface area contributed by atoms with Gasteiger partial charge < -0.3 is 10.6 Å². The summed E-state index contributed by atoms with van der Waals surface area (Å²) in [5, 5.41) is 9.71. The number of anilines is 3. The van der Waals surface area contributed by atoms with Crippen LogP contribution in [-0.4, -0.2) is 10.9 Å². The van der Waals surface area contributed by atoms with Crippen molar-refractivity contribution in [3.05, 3.63) is 57.9 Å². The molecule has 0 atom stereocenters. The van der Waals surface area contributed by atoms with Gasteiger partial charge in [-0.05, 0) is 36.4 Å². The number of nitrogens with one attached hydrogen (secondary N) is 2. The summed E-state index contributed by atoms with van der Waals surface area (Å²) in [5.74, 6) is -0.0955. The number of rotatable bonds is 4. The standard InChI is InChI=1S/C17H13Cl2N3OS/c1-10(23)20-12-3-5-13(6-4-12)21-17-22-16(9-24-17)11-2-7-14(18)15(19)8-11/h2-9H,1H3,(H,20,23)(H,21,22). The smallest absolute Gasteiger partial charge is 0.221 e. The molecule has 1 aromatic heterocycles. The van der Waals surface area contributed by atoms with Gasteiger partial charge in [0.05, 0.1) is 15.7 Å². The van der Waals surface area contributed by atoms with Crippen LogP contribution in [-0.2, 0) is 4.79 Å². The van der Waals surface area contributed by atoms with E-state index in [1.165, 1.54) is 18.3 Å². The SMILES string of the molecule is CC(=O)Nc1ccc(Nc2nc(-c3ccc(Cl)c(Cl)c3)cs2)cc1. The number of halogens is 2. The molecule has 3 rings (SSSR count). The molecule has 0 aliphatic carbocycles. The summed E-state index contributed by atoms with van der Waals surface area (Å²) in [6.45, 7) is 1.48. The minimum absolute atomic E-state index is 0.0955. The number of aromatic nitrogens is 1.